The average molecular weight is 436 g/mol. The summed E-state index contributed by atoms with van der Waals surface area (Å²) >= 11 is 0. The highest BCUT2D eigenvalue weighted by atomic mass is 32.2. The van der Waals surface area contributed by atoms with Crippen LogP contribution in [0, 0.1) is 0 Å². The molecule has 4 aromatic rings. The molecule has 9 heteroatoms. The second-order valence-electron chi connectivity index (χ2n) is 6.90. The molecule has 0 unspecified atom stereocenters. The second-order valence-corrected chi connectivity index (χ2v) is 9.18. The van der Waals surface area contributed by atoms with E-state index in [4.69, 9.17) is 10.5 Å². The van der Waals surface area contributed by atoms with E-state index in [-0.39, 0.29) is 17.1 Å². The minimum Gasteiger partial charge on any atom is -0.457 e. The molecule has 0 bridgehead atoms. The van der Waals surface area contributed by atoms with E-state index in [0.717, 1.165) is 0 Å². The highest BCUT2D eigenvalue weighted by Gasteiger charge is 2.15. The lowest BCUT2D eigenvalue weighted by atomic mass is 10.1. The maximum Gasteiger partial charge on any atom is 0.221 e. The molecule has 1 amide bonds. The predicted molar refractivity (Wildman–Crippen MR) is 116 cm³/mol. The van der Waals surface area contributed by atoms with Crippen molar-refractivity contribution in [3.63, 3.8) is 0 Å². The molecular formula is C22H20N4O4S. The number of aromatic amines is 1. The monoisotopic (exact) mass is 436 g/mol. The summed E-state index contributed by atoms with van der Waals surface area (Å²) in [7, 11) is -3.30. The molecule has 0 atom stereocenters. The third kappa shape index (κ3) is 4.41. The summed E-state index contributed by atoms with van der Waals surface area (Å²) in [5, 5.41) is 0. The van der Waals surface area contributed by atoms with Crippen molar-refractivity contribution >= 4 is 26.8 Å². The number of sulfone groups is 1. The fourth-order valence-electron chi connectivity index (χ4n) is 3.14. The summed E-state index contributed by atoms with van der Waals surface area (Å²) < 4.78 is 30.0. The number of hydrogen-bond acceptors (Lipinski definition) is 6. The highest BCUT2D eigenvalue weighted by Crippen LogP contribution is 2.31. The number of nitrogens with one attached hydrogen (secondary N) is 1. The summed E-state index contributed by atoms with van der Waals surface area (Å²) in [6, 6.07) is 15.1. The number of nitrogens with two attached hydrogens (primary N) is 1. The number of aromatic nitrogens is 3. The second kappa shape index (κ2) is 8.19. The van der Waals surface area contributed by atoms with Crippen LogP contribution in [0.25, 0.3) is 22.6 Å². The molecular weight excluding hydrogens is 416 g/mol. The number of pyridine rings is 1. The molecule has 31 heavy (non-hydrogen) atoms. The van der Waals surface area contributed by atoms with Gasteiger partial charge in [-0.3, -0.25) is 9.78 Å². The molecule has 8 nitrogen and oxygen atoms in total. The molecule has 3 N–H and O–H groups in total. The van der Waals surface area contributed by atoms with Crippen molar-refractivity contribution in [1.82, 2.24) is 15.0 Å². The summed E-state index contributed by atoms with van der Waals surface area (Å²) in [5.41, 5.74) is 8.03. The average Bonchev–Trinajstić information content (AvgIpc) is 3.17. The minimum absolute atomic E-state index is 0.0182. The van der Waals surface area contributed by atoms with Crippen molar-refractivity contribution in [2.45, 2.75) is 18.2 Å². The molecule has 0 saturated carbocycles. The normalized spacial score (nSPS) is 11.5. The zero-order chi connectivity index (χ0) is 22.0. The summed E-state index contributed by atoms with van der Waals surface area (Å²) in [6.45, 7) is 1.59. The Morgan fingerprint density at radius 3 is 2.55 bits per heavy atom. The molecule has 4 rings (SSSR count). The quantitative estimate of drug-likeness (QED) is 0.458. The topological polar surface area (TPSA) is 128 Å². The third-order valence-corrected chi connectivity index (χ3v) is 6.48. The van der Waals surface area contributed by atoms with E-state index in [1.807, 2.05) is 18.2 Å². The van der Waals surface area contributed by atoms with Crippen molar-refractivity contribution in [2.24, 2.45) is 5.73 Å². The lowest BCUT2D eigenvalue weighted by Crippen LogP contribution is -2.14. The number of carbonyl (C=O) groups excluding carboxylic acids is 1. The van der Waals surface area contributed by atoms with Gasteiger partial charge in [0.2, 0.25) is 5.91 Å². The number of benzene rings is 2. The van der Waals surface area contributed by atoms with Crippen molar-refractivity contribution in [2.75, 3.05) is 5.75 Å². The number of primary amides is 1. The van der Waals surface area contributed by atoms with Crippen LogP contribution in [0.5, 0.6) is 11.5 Å². The van der Waals surface area contributed by atoms with E-state index in [1.165, 1.54) is 12.1 Å². The molecule has 0 radical (unpaired) electrons. The molecule has 0 aliphatic heterocycles. The number of hydrogen-bond donors (Lipinski definition) is 2. The molecule has 158 valence electrons. The summed E-state index contributed by atoms with van der Waals surface area (Å²) in [4.78, 5) is 23.9. The van der Waals surface area contributed by atoms with Crippen LogP contribution in [0.1, 0.15) is 12.5 Å². The van der Waals surface area contributed by atoms with E-state index in [1.54, 1.807) is 37.4 Å². The first-order chi connectivity index (χ1) is 14.9. The summed E-state index contributed by atoms with van der Waals surface area (Å²) in [5.74, 6) is 0.951. The van der Waals surface area contributed by atoms with Crippen LogP contribution in [0.15, 0.2) is 65.7 Å². The van der Waals surface area contributed by atoms with Crippen molar-refractivity contribution in [3.05, 3.63) is 66.4 Å². The van der Waals surface area contributed by atoms with Gasteiger partial charge < -0.3 is 15.5 Å². The maximum atomic E-state index is 12.0. The molecule has 0 fully saturated rings. The van der Waals surface area contributed by atoms with Gasteiger partial charge in [-0.1, -0.05) is 13.0 Å². The molecule has 0 aliphatic rings. The van der Waals surface area contributed by atoms with Gasteiger partial charge in [-0.15, -0.1) is 0 Å². The molecule has 2 aromatic heterocycles. The van der Waals surface area contributed by atoms with E-state index in [2.05, 4.69) is 15.0 Å². The highest BCUT2D eigenvalue weighted by molar-refractivity contribution is 7.91. The Hall–Kier alpha value is -3.72. The van der Waals surface area contributed by atoms with Crippen LogP contribution >= 0.6 is 0 Å². The Morgan fingerprint density at radius 2 is 1.90 bits per heavy atom. The predicted octanol–water partition coefficient (Wildman–Crippen LogP) is 3.24. The van der Waals surface area contributed by atoms with Crippen molar-refractivity contribution in [1.29, 1.82) is 0 Å². The Labute approximate surface area is 179 Å². The zero-order valence-corrected chi connectivity index (χ0v) is 17.5. The largest absolute Gasteiger partial charge is 0.457 e. The van der Waals surface area contributed by atoms with Crippen LogP contribution in [0.3, 0.4) is 0 Å². The van der Waals surface area contributed by atoms with Crippen molar-refractivity contribution < 1.29 is 17.9 Å². The molecule has 2 aromatic carbocycles. The van der Waals surface area contributed by atoms with Gasteiger partial charge in [0.05, 0.1) is 28.1 Å². The van der Waals surface area contributed by atoms with Crippen LogP contribution in [0.4, 0.5) is 0 Å². The van der Waals surface area contributed by atoms with Gasteiger partial charge in [-0.2, -0.15) is 0 Å². The van der Waals surface area contributed by atoms with Gasteiger partial charge in [-0.05, 0) is 42.5 Å². The van der Waals surface area contributed by atoms with Crippen LogP contribution in [-0.4, -0.2) is 35.0 Å². The van der Waals surface area contributed by atoms with Crippen molar-refractivity contribution in [3.8, 4) is 23.0 Å². The molecule has 0 saturated heterocycles. The Balaban J connectivity index is 1.72. The number of H-pyrrole nitrogens is 1. The summed E-state index contributed by atoms with van der Waals surface area (Å²) in [6.07, 6.45) is 1.66. The van der Waals surface area contributed by atoms with Gasteiger partial charge in [0, 0.05) is 17.8 Å². The third-order valence-electron chi connectivity index (χ3n) is 4.73. The van der Waals surface area contributed by atoms with Crippen LogP contribution in [0.2, 0.25) is 0 Å². The smallest absolute Gasteiger partial charge is 0.221 e. The van der Waals surface area contributed by atoms with E-state index in [9.17, 15) is 13.2 Å². The fraction of sp³-hybridized carbons (Fsp3) is 0.136. The standard InChI is InChI=1S/C22H20N4O4S/c1-2-31(28,29)16-8-6-15(7-9-16)30-20-13-19-18(11-14(20)12-21(23)27)25-22(26-19)17-5-3-4-10-24-17/h3-11,13H,2,12H2,1H3,(H2,23,27)(H,25,26). The van der Waals surface area contributed by atoms with Crippen LogP contribution < -0.4 is 10.5 Å². The number of rotatable bonds is 7. The number of amides is 1. The number of imidazole rings is 1. The minimum atomic E-state index is -3.30. The number of ether oxygens (including phenoxy) is 1. The molecule has 2 heterocycles. The Kier molecular flexibility index (Phi) is 5.43. The number of nitrogens with zero attached hydrogens (tertiary/aromatic N) is 2. The first kappa shape index (κ1) is 20.5. The van der Waals surface area contributed by atoms with E-state index >= 15 is 0 Å². The first-order valence-electron chi connectivity index (χ1n) is 9.59. The zero-order valence-electron chi connectivity index (χ0n) is 16.7. The number of fused-ring (bicyclic) bond motifs is 1. The van der Waals surface area contributed by atoms with Crippen LogP contribution in [-0.2, 0) is 21.1 Å². The Bertz CT molecular complexity index is 1350. The number of carbonyl (C=O) groups is 1. The molecule has 0 spiro atoms. The Morgan fingerprint density at radius 1 is 1.13 bits per heavy atom. The van der Waals surface area contributed by atoms with Gasteiger partial charge in [-0.25, -0.2) is 13.4 Å². The van der Waals surface area contributed by atoms with Gasteiger partial charge >= 0.3 is 0 Å². The fourth-order valence-corrected chi connectivity index (χ4v) is 4.02. The van der Waals surface area contributed by atoms with Gasteiger partial charge in [0.25, 0.3) is 0 Å². The lowest BCUT2D eigenvalue weighted by molar-refractivity contribution is -0.117. The first-order valence-corrected chi connectivity index (χ1v) is 11.2. The SMILES string of the molecule is CCS(=O)(=O)c1ccc(Oc2cc3nc(-c4ccccn4)[nH]c3cc2CC(N)=O)cc1. The molecule has 0 aliphatic carbocycles. The van der Waals surface area contributed by atoms with E-state index in [0.29, 0.717) is 39.6 Å². The van der Waals surface area contributed by atoms with Gasteiger partial charge in [0.1, 0.15) is 17.2 Å². The lowest BCUT2D eigenvalue weighted by Gasteiger charge is -2.11. The van der Waals surface area contributed by atoms with E-state index < -0.39 is 15.7 Å². The van der Waals surface area contributed by atoms with Gasteiger partial charge in [0.15, 0.2) is 15.7 Å². The maximum absolute atomic E-state index is 12.0.